The van der Waals surface area contributed by atoms with Crippen LogP contribution in [0.3, 0.4) is 0 Å². The smallest absolute Gasteiger partial charge is 0.198 e. The molecule has 0 unspecified atom stereocenters. The molecule has 30 heavy (non-hydrogen) atoms. The minimum Gasteiger partial charge on any atom is -0.369 e. The quantitative estimate of drug-likeness (QED) is 0.235. The zero-order valence-electron chi connectivity index (χ0n) is 17.4. The summed E-state index contributed by atoms with van der Waals surface area (Å²) in [6, 6.07) is 8.71. The van der Waals surface area contributed by atoms with Crippen LogP contribution in [-0.4, -0.2) is 19.9 Å². The second-order valence-electron chi connectivity index (χ2n) is 7.57. The Balaban J connectivity index is 1.65. The molecule has 4 rings (SSSR count). The van der Waals surface area contributed by atoms with E-state index in [-0.39, 0.29) is 0 Å². The van der Waals surface area contributed by atoms with Crippen LogP contribution in [-0.2, 0) is 12.8 Å². The molecular formula is C22H28N6S2. The molecule has 8 heteroatoms. The van der Waals surface area contributed by atoms with Crippen molar-refractivity contribution in [1.82, 2.24) is 19.9 Å². The zero-order chi connectivity index (χ0) is 21.1. The number of hydrogen-bond donors (Lipinski definition) is 4. The van der Waals surface area contributed by atoms with Gasteiger partial charge in [0, 0.05) is 9.79 Å². The third-order valence-electron chi connectivity index (χ3n) is 5.19. The summed E-state index contributed by atoms with van der Waals surface area (Å²) in [6.45, 7) is 4.44. The highest BCUT2D eigenvalue weighted by atomic mass is 33.1. The number of aryl methyl sites for hydroxylation is 2. The molecule has 2 aromatic carbocycles. The van der Waals surface area contributed by atoms with Crippen LogP contribution in [0.15, 0.2) is 34.1 Å². The van der Waals surface area contributed by atoms with Crippen molar-refractivity contribution in [2.24, 2.45) is 0 Å². The Kier molecular flexibility index (Phi) is 6.43. The zero-order valence-corrected chi connectivity index (χ0v) is 19.1. The van der Waals surface area contributed by atoms with Gasteiger partial charge in [0.05, 0.1) is 22.1 Å². The second kappa shape index (κ2) is 9.22. The lowest BCUT2D eigenvalue weighted by molar-refractivity contribution is 0.786. The molecule has 158 valence electrons. The third-order valence-corrected chi connectivity index (χ3v) is 7.72. The van der Waals surface area contributed by atoms with E-state index < -0.39 is 0 Å². The van der Waals surface area contributed by atoms with E-state index in [1.54, 1.807) is 21.6 Å². The van der Waals surface area contributed by atoms with Crippen LogP contribution in [0.1, 0.15) is 50.7 Å². The van der Waals surface area contributed by atoms with Crippen molar-refractivity contribution < 1.29 is 0 Å². The lowest BCUT2D eigenvalue weighted by atomic mass is 10.1. The number of nitrogens with one attached hydrogen (secondary N) is 2. The van der Waals surface area contributed by atoms with Gasteiger partial charge in [-0.15, -0.1) is 0 Å². The minimum absolute atomic E-state index is 0.463. The predicted octanol–water partition coefficient (Wildman–Crippen LogP) is 6.09. The molecule has 0 spiro atoms. The number of aromatic nitrogens is 4. The van der Waals surface area contributed by atoms with Gasteiger partial charge in [-0.1, -0.05) is 48.3 Å². The molecule has 6 N–H and O–H groups in total. The van der Waals surface area contributed by atoms with Gasteiger partial charge in [0.15, 0.2) is 11.9 Å². The van der Waals surface area contributed by atoms with Crippen molar-refractivity contribution in [2.75, 3.05) is 11.5 Å². The van der Waals surface area contributed by atoms with Gasteiger partial charge in [0.2, 0.25) is 0 Å². The lowest BCUT2D eigenvalue weighted by Gasteiger charge is -2.12. The summed E-state index contributed by atoms with van der Waals surface area (Å²) >= 11 is 0. The fourth-order valence-corrected chi connectivity index (χ4v) is 6.08. The Morgan fingerprint density at radius 2 is 1.17 bits per heavy atom. The minimum atomic E-state index is 0.463. The first-order valence-corrected chi connectivity index (χ1v) is 12.6. The van der Waals surface area contributed by atoms with Crippen LogP contribution >= 0.6 is 21.6 Å². The highest BCUT2D eigenvalue weighted by Crippen LogP contribution is 2.43. The van der Waals surface area contributed by atoms with Crippen LogP contribution < -0.4 is 11.5 Å². The number of hydrogen-bond acceptors (Lipinski definition) is 6. The van der Waals surface area contributed by atoms with Gasteiger partial charge in [0.1, 0.15) is 0 Å². The average Bonchev–Trinajstić information content (AvgIpc) is 3.27. The number of benzene rings is 2. The summed E-state index contributed by atoms with van der Waals surface area (Å²) in [7, 11) is 3.58. The fraction of sp³-hybridized carbons (Fsp3) is 0.364. The van der Waals surface area contributed by atoms with Crippen LogP contribution in [0.2, 0.25) is 0 Å². The molecule has 6 nitrogen and oxygen atoms in total. The highest BCUT2D eigenvalue weighted by molar-refractivity contribution is 8.76. The maximum Gasteiger partial charge on any atom is 0.198 e. The molecule has 0 aliphatic heterocycles. The van der Waals surface area contributed by atoms with Gasteiger partial charge in [-0.05, 0) is 61.1 Å². The second-order valence-corrected chi connectivity index (χ2v) is 9.79. The van der Waals surface area contributed by atoms with Gasteiger partial charge in [-0.2, -0.15) is 0 Å². The fourth-order valence-electron chi connectivity index (χ4n) is 3.57. The molecular weight excluding hydrogens is 412 g/mol. The molecule has 0 radical (unpaired) electrons. The third kappa shape index (κ3) is 4.54. The van der Waals surface area contributed by atoms with E-state index in [0.717, 1.165) is 47.8 Å². The number of imidazole rings is 2. The Hall–Kier alpha value is -2.32. The number of rotatable bonds is 9. The molecule has 2 aromatic heterocycles. The monoisotopic (exact) mass is 440 g/mol. The van der Waals surface area contributed by atoms with E-state index in [1.165, 1.54) is 33.8 Å². The molecule has 0 bridgehead atoms. The van der Waals surface area contributed by atoms with E-state index in [4.69, 9.17) is 11.5 Å². The Bertz CT molecular complexity index is 1070. The standard InChI is InChI=1S/C22H28N6S2/c1-3-5-7-13-9-15-17(27-21(23)25-15)11-19(13)29-30-20-12-18-16(26-22(24)28-18)10-14(20)8-6-4-2/h9-12H,3-8H2,1-2H3,(H3,23,25,27)(H3,24,26,28). The van der Waals surface area contributed by atoms with Crippen molar-refractivity contribution >= 4 is 55.6 Å². The number of anilines is 2. The average molecular weight is 441 g/mol. The molecule has 0 saturated carbocycles. The number of fused-ring (bicyclic) bond motifs is 2. The Morgan fingerprint density at radius 3 is 1.57 bits per heavy atom. The maximum absolute atomic E-state index is 5.88. The Morgan fingerprint density at radius 1 is 0.733 bits per heavy atom. The molecule has 2 heterocycles. The lowest BCUT2D eigenvalue weighted by Crippen LogP contribution is -1.91. The summed E-state index contributed by atoms with van der Waals surface area (Å²) in [4.78, 5) is 17.7. The maximum atomic E-state index is 5.88. The number of aromatic amines is 2. The highest BCUT2D eigenvalue weighted by Gasteiger charge is 2.13. The van der Waals surface area contributed by atoms with E-state index in [2.05, 4.69) is 58.0 Å². The molecule has 0 amide bonds. The largest absolute Gasteiger partial charge is 0.369 e. The van der Waals surface area contributed by atoms with Crippen LogP contribution in [0.4, 0.5) is 11.9 Å². The van der Waals surface area contributed by atoms with Crippen molar-refractivity contribution in [1.29, 1.82) is 0 Å². The summed E-state index contributed by atoms with van der Waals surface area (Å²) in [5, 5.41) is 0. The van der Waals surface area contributed by atoms with E-state index >= 15 is 0 Å². The molecule has 0 fully saturated rings. The topological polar surface area (TPSA) is 109 Å². The summed E-state index contributed by atoms with van der Waals surface area (Å²) in [6.07, 6.45) is 6.75. The van der Waals surface area contributed by atoms with Crippen LogP contribution in [0.25, 0.3) is 22.1 Å². The van der Waals surface area contributed by atoms with Gasteiger partial charge in [-0.3, -0.25) is 0 Å². The van der Waals surface area contributed by atoms with Gasteiger partial charge < -0.3 is 21.4 Å². The van der Waals surface area contributed by atoms with Crippen LogP contribution in [0, 0.1) is 0 Å². The van der Waals surface area contributed by atoms with E-state index in [0.29, 0.717) is 11.9 Å². The van der Waals surface area contributed by atoms with E-state index in [1.807, 2.05) is 0 Å². The number of unbranched alkanes of at least 4 members (excludes halogenated alkanes) is 2. The van der Waals surface area contributed by atoms with Gasteiger partial charge in [-0.25, -0.2) is 9.97 Å². The summed E-state index contributed by atoms with van der Waals surface area (Å²) < 4.78 is 0. The number of nitrogens with two attached hydrogens (primary N) is 2. The number of H-pyrrole nitrogens is 2. The SMILES string of the molecule is CCCCc1cc2[nH]c(N)nc2cc1SSc1cc2nc(N)[nH]c2cc1CCCC. The number of nitrogen functional groups attached to an aromatic ring is 2. The molecule has 0 saturated heterocycles. The summed E-state index contributed by atoms with van der Waals surface area (Å²) in [5.41, 5.74) is 18.3. The normalized spacial score (nSPS) is 11.7. The van der Waals surface area contributed by atoms with Crippen molar-refractivity contribution in [3.05, 3.63) is 35.4 Å². The van der Waals surface area contributed by atoms with Crippen molar-refractivity contribution in [2.45, 2.75) is 62.2 Å². The first kappa shape index (κ1) is 20.9. The summed E-state index contributed by atoms with van der Waals surface area (Å²) in [5.74, 6) is 0.925. The van der Waals surface area contributed by atoms with E-state index in [9.17, 15) is 0 Å². The molecule has 0 atom stereocenters. The molecule has 0 aliphatic rings. The predicted molar refractivity (Wildman–Crippen MR) is 130 cm³/mol. The van der Waals surface area contributed by atoms with Gasteiger partial charge >= 0.3 is 0 Å². The van der Waals surface area contributed by atoms with Gasteiger partial charge in [0.25, 0.3) is 0 Å². The van der Waals surface area contributed by atoms with Crippen molar-refractivity contribution in [3.8, 4) is 0 Å². The number of nitrogens with zero attached hydrogens (tertiary/aromatic N) is 2. The molecule has 0 aliphatic carbocycles. The Labute approximate surface area is 184 Å². The van der Waals surface area contributed by atoms with Crippen LogP contribution in [0.5, 0.6) is 0 Å². The van der Waals surface area contributed by atoms with Crippen molar-refractivity contribution in [3.63, 3.8) is 0 Å². The first-order valence-electron chi connectivity index (χ1n) is 10.5. The molecule has 4 aromatic rings. The first-order chi connectivity index (χ1) is 14.6.